The summed E-state index contributed by atoms with van der Waals surface area (Å²) in [4.78, 5) is 28.6. The molecule has 2 aromatic carbocycles. The summed E-state index contributed by atoms with van der Waals surface area (Å²) in [5.74, 6) is 0.983. The summed E-state index contributed by atoms with van der Waals surface area (Å²) in [5, 5.41) is 7.45. The van der Waals surface area contributed by atoms with Crippen LogP contribution < -0.4 is 15.7 Å². The van der Waals surface area contributed by atoms with E-state index in [0.717, 1.165) is 10.1 Å². The average molecular weight is 375 g/mol. The Kier molecular flexibility index (Phi) is 4.59. The van der Waals surface area contributed by atoms with Crippen LogP contribution in [0.15, 0.2) is 71.9 Å². The average Bonchev–Trinajstić information content (AvgIpc) is 3.01. The highest BCUT2D eigenvalue weighted by atomic mass is 16.5. The Bertz CT molecular complexity index is 1200. The quantitative estimate of drug-likeness (QED) is 0.579. The zero-order valence-electron chi connectivity index (χ0n) is 15.1. The van der Waals surface area contributed by atoms with Gasteiger partial charge in [0.05, 0.1) is 11.2 Å². The monoisotopic (exact) mass is 375 g/mol. The molecular formula is C20H17N5O3. The normalized spacial score (nSPS) is 10.8. The van der Waals surface area contributed by atoms with Crippen molar-refractivity contribution in [3.8, 4) is 11.5 Å². The number of carbonyl (C=O) groups is 1. The van der Waals surface area contributed by atoms with E-state index in [2.05, 4.69) is 15.4 Å². The molecule has 0 atom stereocenters. The number of rotatable bonds is 5. The number of aryl methyl sites for hydroxylation is 1. The van der Waals surface area contributed by atoms with Crippen molar-refractivity contribution in [1.29, 1.82) is 0 Å². The van der Waals surface area contributed by atoms with Gasteiger partial charge in [0, 0.05) is 18.6 Å². The number of carbonyl (C=O) groups excluding carboxylic acids is 1. The molecule has 0 aliphatic heterocycles. The van der Waals surface area contributed by atoms with E-state index in [1.165, 1.54) is 10.9 Å². The predicted octanol–water partition coefficient (Wildman–Crippen LogP) is 2.56. The molecule has 0 aliphatic carbocycles. The van der Waals surface area contributed by atoms with Gasteiger partial charge in [-0.1, -0.05) is 18.2 Å². The lowest BCUT2D eigenvalue weighted by Gasteiger charge is -2.10. The van der Waals surface area contributed by atoms with Crippen LogP contribution >= 0.6 is 0 Å². The highest BCUT2D eigenvalue weighted by Gasteiger charge is 2.11. The summed E-state index contributed by atoms with van der Waals surface area (Å²) < 4.78 is 8.27. The topological polar surface area (TPSA) is 91.0 Å². The molecule has 8 nitrogen and oxygen atoms in total. The van der Waals surface area contributed by atoms with E-state index in [-0.39, 0.29) is 18.1 Å². The molecule has 2 aromatic heterocycles. The first-order valence-corrected chi connectivity index (χ1v) is 8.60. The molecule has 0 fully saturated rings. The summed E-state index contributed by atoms with van der Waals surface area (Å²) in [6.45, 7) is -0.177. The number of fused-ring (bicyclic) bond motifs is 1. The Morgan fingerprint density at radius 2 is 1.93 bits per heavy atom. The second-order valence-electron chi connectivity index (χ2n) is 6.18. The number of aromatic nitrogens is 4. The fourth-order valence-electron chi connectivity index (χ4n) is 2.78. The number of hydrogen-bond acceptors (Lipinski definition) is 5. The summed E-state index contributed by atoms with van der Waals surface area (Å²) >= 11 is 0. The molecule has 0 radical (unpaired) electrons. The molecular weight excluding hydrogens is 358 g/mol. The van der Waals surface area contributed by atoms with Gasteiger partial charge in [-0.2, -0.15) is 5.10 Å². The Morgan fingerprint density at radius 3 is 2.68 bits per heavy atom. The van der Waals surface area contributed by atoms with Gasteiger partial charge in [0.1, 0.15) is 24.4 Å². The standard InChI is InChI=1S/C20H17N5O3/c1-24-13-22-25(20(24)27)12-19(26)23-18-9-10-21-17-8-7-15(11-16(17)18)28-14-5-3-2-4-6-14/h2-11,13H,12H2,1H3,(H,21,23,26). The van der Waals surface area contributed by atoms with Crippen molar-refractivity contribution in [1.82, 2.24) is 19.3 Å². The van der Waals surface area contributed by atoms with E-state index in [1.807, 2.05) is 48.5 Å². The number of hydrogen-bond donors (Lipinski definition) is 1. The van der Waals surface area contributed by atoms with Crippen molar-refractivity contribution >= 4 is 22.5 Å². The highest BCUT2D eigenvalue weighted by molar-refractivity contribution is 6.01. The summed E-state index contributed by atoms with van der Waals surface area (Å²) in [6, 6.07) is 16.6. The third-order valence-corrected chi connectivity index (χ3v) is 4.15. The Labute approximate surface area is 160 Å². The first kappa shape index (κ1) is 17.5. The van der Waals surface area contributed by atoms with Gasteiger partial charge in [-0.15, -0.1) is 0 Å². The molecule has 140 valence electrons. The van der Waals surface area contributed by atoms with Crippen LogP contribution in [0.25, 0.3) is 10.9 Å². The van der Waals surface area contributed by atoms with E-state index < -0.39 is 0 Å². The fourth-order valence-corrected chi connectivity index (χ4v) is 2.78. The number of para-hydroxylation sites is 1. The lowest BCUT2D eigenvalue weighted by atomic mass is 10.1. The largest absolute Gasteiger partial charge is 0.457 e. The van der Waals surface area contributed by atoms with E-state index in [4.69, 9.17) is 4.74 Å². The van der Waals surface area contributed by atoms with Crippen molar-refractivity contribution < 1.29 is 9.53 Å². The van der Waals surface area contributed by atoms with Crippen molar-refractivity contribution in [2.45, 2.75) is 6.54 Å². The molecule has 2 heterocycles. The van der Waals surface area contributed by atoms with Crippen LogP contribution in [0, 0.1) is 0 Å². The van der Waals surface area contributed by atoms with E-state index in [9.17, 15) is 9.59 Å². The molecule has 1 N–H and O–H groups in total. The highest BCUT2D eigenvalue weighted by Crippen LogP contribution is 2.28. The van der Waals surface area contributed by atoms with Crippen LogP contribution in [0.2, 0.25) is 0 Å². The fraction of sp³-hybridized carbons (Fsp3) is 0.100. The van der Waals surface area contributed by atoms with Crippen molar-refractivity contribution in [3.05, 3.63) is 77.6 Å². The van der Waals surface area contributed by atoms with Crippen molar-refractivity contribution in [2.75, 3.05) is 5.32 Å². The van der Waals surface area contributed by atoms with Crippen LogP contribution in [0.4, 0.5) is 5.69 Å². The number of nitrogens with one attached hydrogen (secondary N) is 1. The van der Waals surface area contributed by atoms with E-state index in [0.29, 0.717) is 22.7 Å². The van der Waals surface area contributed by atoms with Crippen LogP contribution in [0.3, 0.4) is 0 Å². The second-order valence-corrected chi connectivity index (χ2v) is 6.18. The zero-order valence-corrected chi connectivity index (χ0v) is 15.1. The molecule has 0 spiro atoms. The molecule has 4 aromatic rings. The number of anilines is 1. The molecule has 0 saturated carbocycles. The summed E-state index contributed by atoms with van der Waals surface area (Å²) in [5.41, 5.74) is 0.944. The van der Waals surface area contributed by atoms with Gasteiger partial charge in [-0.05, 0) is 36.4 Å². The van der Waals surface area contributed by atoms with Crippen molar-refractivity contribution in [2.24, 2.45) is 7.05 Å². The minimum atomic E-state index is -0.359. The van der Waals surface area contributed by atoms with Gasteiger partial charge in [-0.25, -0.2) is 9.48 Å². The lowest BCUT2D eigenvalue weighted by Crippen LogP contribution is -2.29. The molecule has 28 heavy (non-hydrogen) atoms. The predicted molar refractivity (Wildman–Crippen MR) is 104 cm³/mol. The zero-order chi connectivity index (χ0) is 19.5. The first-order chi connectivity index (χ1) is 13.6. The number of pyridine rings is 1. The maximum absolute atomic E-state index is 12.4. The van der Waals surface area contributed by atoms with Gasteiger partial charge in [0.2, 0.25) is 5.91 Å². The third-order valence-electron chi connectivity index (χ3n) is 4.15. The van der Waals surface area contributed by atoms with E-state index >= 15 is 0 Å². The molecule has 1 amide bonds. The maximum atomic E-state index is 12.4. The van der Waals surface area contributed by atoms with E-state index in [1.54, 1.807) is 19.3 Å². The molecule has 4 rings (SSSR count). The van der Waals surface area contributed by atoms with Gasteiger partial charge in [-0.3, -0.25) is 14.3 Å². The van der Waals surface area contributed by atoms with Gasteiger partial charge in [0.15, 0.2) is 0 Å². The van der Waals surface area contributed by atoms with Crippen LogP contribution in [-0.4, -0.2) is 25.2 Å². The SMILES string of the molecule is Cn1cnn(CC(=O)Nc2ccnc3ccc(Oc4ccccc4)cc23)c1=O. The maximum Gasteiger partial charge on any atom is 0.345 e. The molecule has 8 heteroatoms. The minimum Gasteiger partial charge on any atom is -0.457 e. The van der Waals surface area contributed by atoms with Crippen molar-refractivity contribution in [3.63, 3.8) is 0 Å². The van der Waals surface area contributed by atoms with Gasteiger partial charge >= 0.3 is 5.69 Å². The Hall–Kier alpha value is -3.94. The first-order valence-electron chi connectivity index (χ1n) is 8.60. The molecule has 0 unspecified atom stereocenters. The second kappa shape index (κ2) is 7.36. The van der Waals surface area contributed by atoms with Crippen LogP contribution in [-0.2, 0) is 18.4 Å². The van der Waals surface area contributed by atoms with Gasteiger partial charge in [0.25, 0.3) is 0 Å². The third kappa shape index (κ3) is 3.61. The number of ether oxygens (including phenoxy) is 1. The lowest BCUT2D eigenvalue weighted by molar-refractivity contribution is -0.117. The van der Waals surface area contributed by atoms with Gasteiger partial charge < -0.3 is 10.1 Å². The Balaban J connectivity index is 1.59. The van der Waals surface area contributed by atoms with Crippen LogP contribution in [0.5, 0.6) is 11.5 Å². The smallest absolute Gasteiger partial charge is 0.345 e. The van der Waals surface area contributed by atoms with Crippen LogP contribution in [0.1, 0.15) is 0 Å². The summed E-state index contributed by atoms with van der Waals surface area (Å²) in [7, 11) is 1.58. The number of nitrogens with zero attached hydrogens (tertiary/aromatic N) is 4. The molecule has 0 bridgehead atoms. The minimum absolute atomic E-state index is 0.177. The summed E-state index contributed by atoms with van der Waals surface area (Å²) in [6.07, 6.45) is 2.98. The number of benzene rings is 2. The molecule has 0 saturated heterocycles. The number of amides is 1. The molecule has 0 aliphatic rings. The Morgan fingerprint density at radius 1 is 1.11 bits per heavy atom.